The molecule has 0 radical (unpaired) electrons. The Hall–Kier alpha value is -1.58. The molecule has 0 bridgehead atoms. The van der Waals surface area contributed by atoms with Gasteiger partial charge in [0, 0.05) is 32.0 Å². The molecule has 0 saturated carbocycles. The molecular formula is C12H14FNO2. The lowest BCUT2D eigenvalue weighted by Crippen LogP contribution is -2.37. The van der Waals surface area contributed by atoms with E-state index in [-0.39, 0.29) is 11.9 Å². The molecule has 0 aliphatic carbocycles. The molecule has 86 valence electrons. The second kappa shape index (κ2) is 4.96. The molecule has 1 aromatic rings. The van der Waals surface area contributed by atoms with Crippen molar-refractivity contribution in [1.29, 1.82) is 0 Å². The summed E-state index contributed by atoms with van der Waals surface area (Å²) in [5, 5.41) is 0. The Kier molecular flexibility index (Phi) is 3.39. The van der Waals surface area contributed by atoms with Gasteiger partial charge in [0.15, 0.2) is 0 Å². The van der Waals surface area contributed by atoms with Crippen molar-refractivity contribution < 1.29 is 13.9 Å². The molecule has 1 fully saturated rings. The number of nitrogens with zero attached hydrogens (tertiary/aromatic N) is 1. The van der Waals surface area contributed by atoms with Crippen LogP contribution in [0.3, 0.4) is 0 Å². The van der Waals surface area contributed by atoms with Crippen LogP contribution in [0.15, 0.2) is 24.3 Å². The van der Waals surface area contributed by atoms with Crippen LogP contribution < -0.4 is 4.74 Å². The summed E-state index contributed by atoms with van der Waals surface area (Å²) in [6.07, 6.45) is 2.54. The molecule has 0 aromatic heterocycles. The molecule has 0 N–H and O–H groups in total. The van der Waals surface area contributed by atoms with Gasteiger partial charge in [-0.25, -0.2) is 4.39 Å². The van der Waals surface area contributed by atoms with Crippen molar-refractivity contribution in [2.75, 3.05) is 13.1 Å². The molecule has 1 heterocycles. The van der Waals surface area contributed by atoms with E-state index in [2.05, 4.69) is 0 Å². The topological polar surface area (TPSA) is 29.5 Å². The standard InChI is InChI=1S/C12H14FNO2/c13-10-2-1-3-12(8-10)16-11-4-6-14(9-15)7-5-11/h1-3,8-9,11H,4-7H2. The molecule has 1 saturated heterocycles. The van der Waals surface area contributed by atoms with Crippen LogP contribution in [0.25, 0.3) is 0 Å². The van der Waals surface area contributed by atoms with Crippen LogP contribution in [0.1, 0.15) is 12.8 Å². The molecule has 0 spiro atoms. The fourth-order valence-electron chi connectivity index (χ4n) is 1.83. The first-order valence-corrected chi connectivity index (χ1v) is 5.39. The Morgan fingerprint density at radius 2 is 2.12 bits per heavy atom. The lowest BCUT2D eigenvalue weighted by Gasteiger charge is -2.29. The average molecular weight is 223 g/mol. The highest BCUT2D eigenvalue weighted by molar-refractivity contribution is 5.47. The predicted molar refractivity (Wildman–Crippen MR) is 57.7 cm³/mol. The second-order valence-corrected chi connectivity index (χ2v) is 3.92. The molecule has 1 amide bonds. The van der Waals surface area contributed by atoms with Crippen molar-refractivity contribution in [1.82, 2.24) is 4.90 Å². The second-order valence-electron chi connectivity index (χ2n) is 3.92. The molecule has 1 aromatic carbocycles. The van der Waals surface area contributed by atoms with Crippen LogP contribution in [-0.2, 0) is 4.79 Å². The van der Waals surface area contributed by atoms with E-state index < -0.39 is 0 Å². The number of rotatable bonds is 3. The van der Waals surface area contributed by atoms with Gasteiger partial charge in [-0.05, 0) is 12.1 Å². The maximum atomic E-state index is 12.9. The largest absolute Gasteiger partial charge is 0.490 e. The molecule has 2 rings (SSSR count). The van der Waals surface area contributed by atoms with Crippen molar-refractivity contribution in [3.63, 3.8) is 0 Å². The van der Waals surface area contributed by atoms with Crippen molar-refractivity contribution in [2.24, 2.45) is 0 Å². The molecular weight excluding hydrogens is 209 g/mol. The van der Waals surface area contributed by atoms with Gasteiger partial charge in [0.25, 0.3) is 0 Å². The fraction of sp³-hybridized carbons (Fsp3) is 0.417. The van der Waals surface area contributed by atoms with Crippen LogP contribution in [-0.4, -0.2) is 30.5 Å². The lowest BCUT2D eigenvalue weighted by atomic mass is 10.1. The Morgan fingerprint density at radius 1 is 1.38 bits per heavy atom. The number of benzene rings is 1. The van der Waals surface area contributed by atoms with E-state index in [1.807, 2.05) is 0 Å². The van der Waals surface area contributed by atoms with Crippen LogP contribution in [0.5, 0.6) is 5.75 Å². The van der Waals surface area contributed by atoms with Gasteiger partial charge in [0.2, 0.25) is 6.41 Å². The van der Waals surface area contributed by atoms with E-state index in [1.165, 1.54) is 12.1 Å². The maximum absolute atomic E-state index is 12.9. The highest BCUT2D eigenvalue weighted by Gasteiger charge is 2.19. The summed E-state index contributed by atoms with van der Waals surface area (Å²) in [6, 6.07) is 6.15. The Morgan fingerprint density at radius 3 is 2.75 bits per heavy atom. The molecule has 16 heavy (non-hydrogen) atoms. The van der Waals surface area contributed by atoms with Crippen LogP contribution in [0.4, 0.5) is 4.39 Å². The van der Waals surface area contributed by atoms with Crippen molar-refractivity contribution >= 4 is 6.41 Å². The third-order valence-corrected chi connectivity index (χ3v) is 2.72. The summed E-state index contributed by atoms with van der Waals surface area (Å²) >= 11 is 0. The summed E-state index contributed by atoms with van der Waals surface area (Å²) in [4.78, 5) is 12.2. The third kappa shape index (κ3) is 2.72. The van der Waals surface area contributed by atoms with Gasteiger partial charge >= 0.3 is 0 Å². The Balaban J connectivity index is 1.89. The number of ether oxygens (including phenoxy) is 1. The summed E-state index contributed by atoms with van der Waals surface area (Å²) in [7, 11) is 0. The van der Waals surface area contributed by atoms with Gasteiger partial charge in [0.1, 0.15) is 17.7 Å². The van der Waals surface area contributed by atoms with Crippen LogP contribution in [0, 0.1) is 5.82 Å². The van der Waals surface area contributed by atoms with Crippen molar-refractivity contribution in [3.8, 4) is 5.75 Å². The summed E-state index contributed by atoms with van der Waals surface area (Å²) in [5.41, 5.74) is 0. The zero-order valence-electron chi connectivity index (χ0n) is 8.93. The number of likely N-dealkylation sites (tertiary alicyclic amines) is 1. The lowest BCUT2D eigenvalue weighted by molar-refractivity contribution is -0.119. The van der Waals surface area contributed by atoms with Gasteiger partial charge in [-0.15, -0.1) is 0 Å². The number of amides is 1. The number of carbonyl (C=O) groups excluding carboxylic acids is 1. The monoisotopic (exact) mass is 223 g/mol. The maximum Gasteiger partial charge on any atom is 0.209 e. The highest BCUT2D eigenvalue weighted by atomic mass is 19.1. The smallest absolute Gasteiger partial charge is 0.209 e. The molecule has 1 aliphatic rings. The average Bonchev–Trinajstić information content (AvgIpc) is 2.30. The molecule has 3 nitrogen and oxygen atoms in total. The van der Waals surface area contributed by atoms with E-state index in [1.54, 1.807) is 17.0 Å². The van der Waals surface area contributed by atoms with E-state index in [0.717, 1.165) is 19.3 Å². The van der Waals surface area contributed by atoms with Crippen LogP contribution >= 0.6 is 0 Å². The zero-order valence-corrected chi connectivity index (χ0v) is 8.93. The zero-order chi connectivity index (χ0) is 11.4. The van der Waals surface area contributed by atoms with E-state index in [4.69, 9.17) is 4.74 Å². The highest BCUT2D eigenvalue weighted by Crippen LogP contribution is 2.19. The number of carbonyl (C=O) groups is 1. The first-order valence-electron chi connectivity index (χ1n) is 5.39. The Labute approximate surface area is 93.8 Å². The quantitative estimate of drug-likeness (QED) is 0.731. The predicted octanol–water partition coefficient (Wildman–Crippen LogP) is 1.83. The summed E-state index contributed by atoms with van der Waals surface area (Å²) < 4.78 is 18.5. The van der Waals surface area contributed by atoms with E-state index >= 15 is 0 Å². The minimum absolute atomic E-state index is 0.0815. The SMILES string of the molecule is O=CN1CCC(Oc2cccc(F)c2)CC1. The molecule has 0 unspecified atom stereocenters. The van der Waals surface area contributed by atoms with Gasteiger partial charge in [-0.3, -0.25) is 4.79 Å². The molecule has 0 atom stereocenters. The minimum Gasteiger partial charge on any atom is -0.490 e. The van der Waals surface area contributed by atoms with Crippen molar-refractivity contribution in [2.45, 2.75) is 18.9 Å². The summed E-state index contributed by atoms with van der Waals surface area (Å²) in [5.74, 6) is 0.271. The van der Waals surface area contributed by atoms with Gasteiger partial charge < -0.3 is 9.64 Å². The minimum atomic E-state index is -0.289. The first-order chi connectivity index (χ1) is 7.78. The van der Waals surface area contributed by atoms with E-state index in [0.29, 0.717) is 18.8 Å². The van der Waals surface area contributed by atoms with E-state index in [9.17, 15) is 9.18 Å². The molecule has 1 aliphatic heterocycles. The molecule has 4 heteroatoms. The first kappa shape index (κ1) is 10.9. The van der Waals surface area contributed by atoms with Gasteiger partial charge in [0.05, 0.1) is 0 Å². The van der Waals surface area contributed by atoms with Gasteiger partial charge in [-0.2, -0.15) is 0 Å². The summed E-state index contributed by atoms with van der Waals surface area (Å²) in [6.45, 7) is 1.42. The van der Waals surface area contributed by atoms with Crippen molar-refractivity contribution in [3.05, 3.63) is 30.1 Å². The Bertz CT molecular complexity index is 362. The number of halogens is 1. The number of piperidine rings is 1. The van der Waals surface area contributed by atoms with Crippen LogP contribution in [0.2, 0.25) is 0 Å². The fourth-order valence-corrected chi connectivity index (χ4v) is 1.83. The number of hydrogen-bond acceptors (Lipinski definition) is 2. The number of hydrogen-bond donors (Lipinski definition) is 0. The third-order valence-electron chi connectivity index (χ3n) is 2.72. The van der Waals surface area contributed by atoms with Gasteiger partial charge in [-0.1, -0.05) is 6.07 Å². The normalized spacial score (nSPS) is 17.2.